The van der Waals surface area contributed by atoms with E-state index in [1.165, 1.54) is 18.5 Å². The zero-order chi connectivity index (χ0) is 18.0. The first kappa shape index (κ1) is 18.4. The molecule has 6 heteroatoms. The molecule has 6 nitrogen and oxygen atoms in total. The van der Waals surface area contributed by atoms with Crippen LogP contribution in [0, 0.1) is 13.8 Å². The van der Waals surface area contributed by atoms with Gasteiger partial charge >= 0.3 is 0 Å². The Hall–Kier alpha value is -1.37. The Labute approximate surface area is 150 Å². The van der Waals surface area contributed by atoms with E-state index in [-0.39, 0.29) is 5.91 Å². The molecule has 1 aliphatic heterocycles. The van der Waals surface area contributed by atoms with E-state index in [2.05, 4.69) is 23.3 Å². The van der Waals surface area contributed by atoms with Gasteiger partial charge in [-0.3, -0.25) is 9.69 Å². The van der Waals surface area contributed by atoms with Crippen LogP contribution in [0.4, 0.5) is 0 Å². The summed E-state index contributed by atoms with van der Waals surface area (Å²) in [4.78, 5) is 17.1. The molecule has 0 aromatic carbocycles. The molecule has 1 saturated carbocycles. The van der Waals surface area contributed by atoms with Crippen LogP contribution in [0.1, 0.15) is 47.6 Å². The van der Waals surface area contributed by atoms with E-state index >= 15 is 0 Å². The fraction of sp³-hybridized carbons (Fsp3) is 0.737. The van der Waals surface area contributed by atoms with Crippen LogP contribution in [0.5, 0.6) is 0 Å². The van der Waals surface area contributed by atoms with Crippen molar-refractivity contribution in [2.75, 3.05) is 45.9 Å². The van der Waals surface area contributed by atoms with Crippen molar-refractivity contribution in [3.8, 4) is 0 Å². The third-order valence-corrected chi connectivity index (χ3v) is 5.27. The number of carbonyl (C=O) groups is 1. The molecule has 0 spiro atoms. The molecule has 1 aliphatic carbocycles. The number of nitrogens with zero attached hydrogens (tertiary/aromatic N) is 3. The summed E-state index contributed by atoms with van der Waals surface area (Å²) >= 11 is 0. The molecule has 1 aromatic rings. The Morgan fingerprint density at radius 1 is 1.28 bits per heavy atom. The van der Waals surface area contributed by atoms with Gasteiger partial charge in [0.1, 0.15) is 0 Å². The minimum absolute atomic E-state index is 0.148. The van der Waals surface area contributed by atoms with Gasteiger partial charge in [-0.2, -0.15) is 0 Å². The number of aromatic nitrogens is 1. The number of aliphatic hydroxyl groups is 1. The Morgan fingerprint density at radius 2 is 1.96 bits per heavy atom. The number of aliphatic hydroxyl groups excluding tert-OH is 1. The van der Waals surface area contributed by atoms with Crippen molar-refractivity contribution in [2.24, 2.45) is 0 Å². The van der Waals surface area contributed by atoms with Gasteiger partial charge in [0.2, 0.25) is 0 Å². The fourth-order valence-corrected chi connectivity index (χ4v) is 3.80. The highest BCUT2D eigenvalue weighted by Gasteiger charge is 2.30. The van der Waals surface area contributed by atoms with Gasteiger partial charge in [-0.1, -0.05) is 0 Å². The molecule has 2 aliphatic rings. The number of carbonyl (C=O) groups excluding carboxylic acids is 1. The van der Waals surface area contributed by atoms with Crippen LogP contribution in [0.2, 0.25) is 0 Å². The van der Waals surface area contributed by atoms with Crippen LogP contribution >= 0.6 is 0 Å². The molecular formula is C19H31N3O3. The molecule has 1 saturated heterocycles. The second-order valence-electron chi connectivity index (χ2n) is 7.29. The minimum atomic E-state index is -0.459. The molecule has 1 aromatic heterocycles. The van der Waals surface area contributed by atoms with Crippen LogP contribution in [-0.4, -0.2) is 77.4 Å². The number of β-amino-alcohol motifs (C(OH)–C–C–N with tert-alkyl or cyclic N) is 1. The number of hydrogen-bond acceptors (Lipinski definition) is 4. The van der Waals surface area contributed by atoms with Gasteiger partial charge in [-0.25, -0.2) is 0 Å². The minimum Gasteiger partial charge on any atom is -0.389 e. The maximum Gasteiger partial charge on any atom is 0.255 e. The Kier molecular flexibility index (Phi) is 5.81. The third kappa shape index (κ3) is 4.25. The Morgan fingerprint density at radius 3 is 2.56 bits per heavy atom. The quantitative estimate of drug-likeness (QED) is 0.812. The number of hydrogen-bond donors (Lipinski definition) is 1. The average Bonchev–Trinajstić information content (AvgIpc) is 3.38. The van der Waals surface area contributed by atoms with E-state index in [9.17, 15) is 9.90 Å². The van der Waals surface area contributed by atoms with Gasteiger partial charge in [0, 0.05) is 56.8 Å². The van der Waals surface area contributed by atoms with E-state index in [1.807, 2.05) is 17.9 Å². The predicted molar refractivity (Wildman–Crippen MR) is 97.0 cm³/mol. The first-order chi connectivity index (χ1) is 12.0. The summed E-state index contributed by atoms with van der Waals surface area (Å²) < 4.78 is 7.59. The molecule has 1 N–H and O–H groups in total. The number of amides is 1. The van der Waals surface area contributed by atoms with Crippen molar-refractivity contribution < 1.29 is 14.6 Å². The summed E-state index contributed by atoms with van der Waals surface area (Å²) in [5.74, 6) is 0.148. The summed E-state index contributed by atoms with van der Waals surface area (Å²) in [5, 5.41) is 9.96. The molecule has 3 rings (SSSR count). The standard InChI is InChI=1S/C19H31N3O3/c1-4-25-13-17(23)12-20-7-9-21(10-8-20)19(24)18-11-14(2)22(15(18)3)16-5-6-16/h11,16-17,23H,4-10,12-13H2,1-3H3/t17-/m0/s1. The highest BCUT2D eigenvalue weighted by molar-refractivity contribution is 5.95. The average molecular weight is 349 g/mol. The van der Waals surface area contributed by atoms with Crippen molar-refractivity contribution in [2.45, 2.75) is 45.8 Å². The second kappa shape index (κ2) is 7.89. The molecule has 140 valence electrons. The van der Waals surface area contributed by atoms with E-state index in [4.69, 9.17) is 4.74 Å². The van der Waals surface area contributed by atoms with E-state index in [1.54, 1.807) is 0 Å². The molecule has 1 amide bonds. The summed E-state index contributed by atoms with van der Waals surface area (Å²) in [5.41, 5.74) is 3.16. The lowest BCUT2D eigenvalue weighted by Crippen LogP contribution is -2.50. The molecule has 2 heterocycles. The van der Waals surface area contributed by atoms with E-state index in [0.717, 1.165) is 24.3 Å². The van der Waals surface area contributed by atoms with Crippen molar-refractivity contribution in [1.82, 2.24) is 14.4 Å². The molecule has 0 bridgehead atoms. The van der Waals surface area contributed by atoms with Crippen molar-refractivity contribution >= 4 is 5.91 Å². The fourth-order valence-electron chi connectivity index (χ4n) is 3.80. The van der Waals surface area contributed by atoms with Gasteiger partial charge in [0.25, 0.3) is 5.91 Å². The smallest absolute Gasteiger partial charge is 0.255 e. The zero-order valence-corrected chi connectivity index (χ0v) is 15.7. The summed E-state index contributed by atoms with van der Waals surface area (Å²) in [7, 11) is 0. The van der Waals surface area contributed by atoms with Crippen molar-refractivity contribution in [1.29, 1.82) is 0 Å². The molecule has 2 fully saturated rings. The van der Waals surface area contributed by atoms with E-state index < -0.39 is 6.10 Å². The van der Waals surface area contributed by atoms with Gasteiger partial charge < -0.3 is 19.3 Å². The molecule has 0 unspecified atom stereocenters. The van der Waals surface area contributed by atoms with Crippen LogP contribution in [0.15, 0.2) is 6.07 Å². The molecule has 25 heavy (non-hydrogen) atoms. The lowest BCUT2D eigenvalue weighted by atomic mass is 10.2. The van der Waals surface area contributed by atoms with Crippen molar-refractivity contribution in [3.05, 3.63) is 23.0 Å². The topological polar surface area (TPSA) is 57.9 Å². The number of ether oxygens (including phenoxy) is 1. The summed E-state index contributed by atoms with van der Waals surface area (Å²) in [6.07, 6.45) is 2.00. The number of rotatable bonds is 7. The highest BCUT2D eigenvalue weighted by atomic mass is 16.5. The zero-order valence-electron chi connectivity index (χ0n) is 15.7. The van der Waals surface area contributed by atoms with Crippen LogP contribution < -0.4 is 0 Å². The molecule has 0 radical (unpaired) electrons. The first-order valence-corrected chi connectivity index (χ1v) is 9.47. The van der Waals surface area contributed by atoms with Gasteiger partial charge in [-0.15, -0.1) is 0 Å². The summed E-state index contributed by atoms with van der Waals surface area (Å²) in [6, 6.07) is 2.65. The largest absolute Gasteiger partial charge is 0.389 e. The van der Waals surface area contributed by atoms with Crippen LogP contribution in [0.3, 0.4) is 0 Å². The number of aryl methyl sites for hydroxylation is 1. The highest BCUT2D eigenvalue weighted by Crippen LogP contribution is 2.38. The van der Waals surface area contributed by atoms with E-state index in [0.29, 0.717) is 38.9 Å². The number of piperazine rings is 1. The maximum absolute atomic E-state index is 12.9. The van der Waals surface area contributed by atoms with Crippen LogP contribution in [0.25, 0.3) is 0 Å². The van der Waals surface area contributed by atoms with Gasteiger partial charge in [-0.05, 0) is 39.7 Å². The third-order valence-electron chi connectivity index (χ3n) is 5.27. The Balaban J connectivity index is 1.54. The lowest BCUT2D eigenvalue weighted by Gasteiger charge is -2.35. The predicted octanol–water partition coefficient (Wildman–Crippen LogP) is 1.60. The molecule has 1 atom stereocenters. The lowest BCUT2D eigenvalue weighted by molar-refractivity contribution is 0.0111. The van der Waals surface area contributed by atoms with Crippen molar-refractivity contribution in [3.63, 3.8) is 0 Å². The first-order valence-electron chi connectivity index (χ1n) is 9.47. The maximum atomic E-state index is 12.9. The normalized spacial score (nSPS) is 20.1. The molecular weight excluding hydrogens is 318 g/mol. The van der Waals surface area contributed by atoms with Gasteiger partial charge in [0.15, 0.2) is 0 Å². The summed E-state index contributed by atoms with van der Waals surface area (Å²) in [6.45, 7) is 10.7. The van der Waals surface area contributed by atoms with Crippen LogP contribution in [-0.2, 0) is 4.74 Å². The SMILES string of the molecule is CCOC[C@@H](O)CN1CCN(C(=O)c2cc(C)n(C3CC3)c2C)CC1. The Bertz CT molecular complexity index is 601. The van der Waals surface area contributed by atoms with Gasteiger partial charge in [0.05, 0.1) is 18.3 Å². The monoisotopic (exact) mass is 349 g/mol. The second-order valence-corrected chi connectivity index (χ2v) is 7.29.